The van der Waals surface area contributed by atoms with Crippen LogP contribution in [0.15, 0.2) is 24.3 Å². The van der Waals surface area contributed by atoms with Crippen LogP contribution in [0.25, 0.3) is 0 Å². The molecule has 75 heavy (non-hydrogen) atoms. The molecule has 0 aliphatic carbocycles. The fraction of sp³-hybridized carbons (Fsp3) is 0.914. The molecular formula is C70H134O5. The first-order valence-corrected chi connectivity index (χ1v) is 34.4. The molecule has 0 aromatic rings. The number of esters is 2. The second kappa shape index (κ2) is 66.7. The Labute approximate surface area is 470 Å². The lowest BCUT2D eigenvalue weighted by Gasteiger charge is -2.15. The molecule has 0 bridgehead atoms. The van der Waals surface area contributed by atoms with Gasteiger partial charge in [0.15, 0.2) is 6.10 Å². The summed E-state index contributed by atoms with van der Waals surface area (Å²) in [7, 11) is 0. The van der Waals surface area contributed by atoms with Gasteiger partial charge in [0.1, 0.15) is 6.61 Å². The topological polar surface area (TPSA) is 72.8 Å². The Kier molecular flexibility index (Phi) is 65.2. The standard InChI is InChI=1S/C70H134O5/c1-3-5-7-9-11-13-15-17-19-21-23-25-27-29-30-31-32-33-34-35-36-37-38-39-40-41-43-45-47-49-51-53-55-57-59-61-63-65-70(73)75-68(66-71)67-74-69(72)64-62-60-58-56-54-52-50-48-46-44-42-28-26-24-22-20-18-16-14-12-10-8-6-4-2/h15,17,21,23,68,71H,3-14,16,18-20,22,24-67H2,1-2H3/b17-15-,23-21-. The Morgan fingerprint density at radius 2 is 0.533 bits per heavy atom. The molecule has 0 spiro atoms. The average molecular weight is 1060 g/mol. The summed E-state index contributed by atoms with van der Waals surface area (Å²) in [5.74, 6) is -0.562. The third-order valence-corrected chi connectivity index (χ3v) is 16.0. The maximum absolute atomic E-state index is 12.4. The Morgan fingerprint density at radius 3 is 0.787 bits per heavy atom. The highest BCUT2D eigenvalue weighted by atomic mass is 16.6. The lowest BCUT2D eigenvalue weighted by atomic mass is 10.0. The molecule has 0 aliphatic rings. The Morgan fingerprint density at radius 1 is 0.307 bits per heavy atom. The highest BCUT2D eigenvalue weighted by Gasteiger charge is 2.16. The van der Waals surface area contributed by atoms with Crippen LogP contribution in [0, 0.1) is 0 Å². The number of unbranched alkanes of at least 4 members (excludes halogenated alkanes) is 53. The number of rotatable bonds is 65. The summed E-state index contributed by atoms with van der Waals surface area (Å²) in [6, 6.07) is 0. The van der Waals surface area contributed by atoms with Gasteiger partial charge in [-0.25, -0.2) is 0 Å². The molecule has 5 nitrogen and oxygen atoms in total. The van der Waals surface area contributed by atoms with Crippen LogP contribution in [-0.2, 0) is 19.1 Å². The number of ether oxygens (including phenoxy) is 2. The minimum absolute atomic E-state index is 0.0571. The van der Waals surface area contributed by atoms with Gasteiger partial charge in [0.25, 0.3) is 0 Å². The molecule has 0 rings (SSSR count). The summed E-state index contributed by atoms with van der Waals surface area (Å²) >= 11 is 0. The summed E-state index contributed by atoms with van der Waals surface area (Å²) in [5.41, 5.74) is 0. The fourth-order valence-corrected chi connectivity index (χ4v) is 10.8. The number of allylic oxidation sites excluding steroid dienone is 4. The smallest absolute Gasteiger partial charge is 0.306 e. The largest absolute Gasteiger partial charge is 0.462 e. The summed E-state index contributed by atoms with van der Waals surface area (Å²) in [4.78, 5) is 24.6. The molecular weight excluding hydrogens is 921 g/mol. The number of hydrogen-bond donors (Lipinski definition) is 1. The van der Waals surface area contributed by atoms with Crippen LogP contribution in [0.2, 0.25) is 0 Å². The minimum atomic E-state index is -0.767. The highest BCUT2D eigenvalue weighted by molar-refractivity contribution is 5.70. The van der Waals surface area contributed by atoms with E-state index in [0.717, 1.165) is 38.5 Å². The van der Waals surface area contributed by atoms with E-state index in [1.165, 1.54) is 327 Å². The Hall–Kier alpha value is -1.62. The molecule has 444 valence electrons. The summed E-state index contributed by atoms with van der Waals surface area (Å²) in [6.07, 6.45) is 86.5. The first-order valence-electron chi connectivity index (χ1n) is 34.4. The van der Waals surface area contributed by atoms with Crippen molar-refractivity contribution in [3.8, 4) is 0 Å². The Bertz CT molecular complexity index is 1150. The van der Waals surface area contributed by atoms with Gasteiger partial charge in [0.2, 0.25) is 0 Å². The molecule has 0 fully saturated rings. The SMILES string of the molecule is CCCCCCC/C=C\C/C=C\CCCCCCCCCCCCCCCCCCCCCCCCCCCC(=O)OC(CO)COC(=O)CCCCCCCCCCCCCCCCCCCCCCCCCC. The van der Waals surface area contributed by atoms with Crippen LogP contribution in [0.4, 0.5) is 0 Å². The van der Waals surface area contributed by atoms with Crippen LogP contribution in [0.3, 0.4) is 0 Å². The summed E-state index contributed by atoms with van der Waals surface area (Å²) < 4.78 is 10.8. The molecule has 0 saturated heterocycles. The van der Waals surface area contributed by atoms with Crippen molar-refractivity contribution in [1.29, 1.82) is 0 Å². The van der Waals surface area contributed by atoms with Gasteiger partial charge < -0.3 is 14.6 Å². The molecule has 0 radical (unpaired) electrons. The Balaban J connectivity index is 3.36. The van der Waals surface area contributed by atoms with E-state index in [2.05, 4.69) is 38.2 Å². The molecule has 0 amide bonds. The number of aliphatic hydroxyl groups excluding tert-OH is 1. The first kappa shape index (κ1) is 73.4. The van der Waals surface area contributed by atoms with Crippen molar-refractivity contribution in [3.63, 3.8) is 0 Å². The van der Waals surface area contributed by atoms with Gasteiger partial charge in [0, 0.05) is 12.8 Å². The zero-order valence-corrected chi connectivity index (χ0v) is 51.1. The quantitative estimate of drug-likeness (QED) is 0.0373. The molecule has 5 heteroatoms. The average Bonchev–Trinajstić information content (AvgIpc) is 3.41. The van der Waals surface area contributed by atoms with E-state index in [-0.39, 0.29) is 25.2 Å². The van der Waals surface area contributed by atoms with Crippen LogP contribution >= 0.6 is 0 Å². The van der Waals surface area contributed by atoms with E-state index in [4.69, 9.17) is 9.47 Å². The van der Waals surface area contributed by atoms with Gasteiger partial charge in [-0.1, -0.05) is 359 Å². The van der Waals surface area contributed by atoms with E-state index in [9.17, 15) is 14.7 Å². The monoisotopic (exact) mass is 1060 g/mol. The van der Waals surface area contributed by atoms with E-state index < -0.39 is 6.10 Å². The molecule has 0 aliphatic heterocycles. The van der Waals surface area contributed by atoms with Gasteiger partial charge in [-0.3, -0.25) is 9.59 Å². The second-order valence-electron chi connectivity index (χ2n) is 23.6. The van der Waals surface area contributed by atoms with E-state index >= 15 is 0 Å². The molecule has 0 aromatic heterocycles. The predicted octanol–water partition coefficient (Wildman–Crippen LogP) is 23.6. The number of carbonyl (C=O) groups is 2. The maximum atomic E-state index is 12.4. The molecule has 0 saturated carbocycles. The predicted molar refractivity (Wildman–Crippen MR) is 330 cm³/mol. The zero-order chi connectivity index (χ0) is 54.1. The van der Waals surface area contributed by atoms with Gasteiger partial charge >= 0.3 is 11.9 Å². The van der Waals surface area contributed by atoms with Crippen molar-refractivity contribution in [2.75, 3.05) is 13.2 Å². The van der Waals surface area contributed by atoms with Crippen molar-refractivity contribution in [3.05, 3.63) is 24.3 Å². The van der Waals surface area contributed by atoms with Crippen molar-refractivity contribution < 1.29 is 24.2 Å². The normalized spacial score (nSPS) is 12.2. The van der Waals surface area contributed by atoms with Crippen molar-refractivity contribution >= 4 is 11.9 Å². The van der Waals surface area contributed by atoms with Gasteiger partial charge in [0.05, 0.1) is 6.61 Å². The van der Waals surface area contributed by atoms with E-state index in [1.54, 1.807) is 0 Å². The second-order valence-corrected chi connectivity index (χ2v) is 23.6. The van der Waals surface area contributed by atoms with Gasteiger partial charge in [-0.05, 0) is 44.9 Å². The molecule has 0 heterocycles. The van der Waals surface area contributed by atoms with Crippen LogP contribution in [-0.4, -0.2) is 36.4 Å². The van der Waals surface area contributed by atoms with Crippen LogP contribution in [0.5, 0.6) is 0 Å². The van der Waals surface area contributed by atoms with Crippen molar-refractivity contribution in [1.82, 2.24) is 0 Å². The third kappa shape index (κ3) is 64.8. The van der Waals surface area contributed by atoms with Crippen molar-refractivity contribution in [2.45, 2.75) is 399 Å². The molecule has 0 aromatic carbocycles. The number of carbonyl (C=O) groups excluding carboxylic acids is 2. The number of hydrogen-bond acceptors (Lipinski definition) is 5. The summed E-state index contributed by atoms with van der Waals surface area (Å²) in [5, 5.41) is 9.69. The van der Waals surface area contributed by atoms with Gasteiger partial charge in [-0.15, -0.1) is 0 Å². The van der Waals surface area contributed by atoms with Crippen LogP contribution in [0.1, 0.15) is 393 Å². The molecule has 1 N–H and O–H groups in total. The number of aliphatic hydroxyl groups is 1. The molecule has 1 atom stereocenters. The highest BCUT2D eigenvalue weighted by Crippen LogP contribution is 2.19. The molecule has 1 unspecified atom stereocenters. The first-order chi connectivity index (χ1) is 37.1. The van der Waals surface area contributed by atoms with E-state index in [0.29, 0.717) is 12.8 Å². The maximum Gasteiger partial charge on any atom is 0.306 e. The zero-order valence-electron chi connectivity index (χ0n) is 51.1. The lowest BCUT2D eigenvalue weighted by Crippen LogP contribution is -2.28. The van der Waals surface area contributed by atoms with Gasteiger partial charge in [-0.2, -0.15) is 0 Å². The van der Waals surface area contributed by atoms with Crippen molar-refractivity contribution in [2.24, 2.45) is 0 Å². The van der Waals surface area contributed by atoms with Crippen LogP contribution < -0.4 is 0 Å². The fourth-order valence-electron chi connectivity index (χ4n) is 10.8. The lowest BCUT2D eigenvalue weighted by molar-refractivity contribution is -0.161. The summed E-state index contributed by atoms with van der Waals surface area (Å²) in [6.45, 7) is 4.20. The third-order valence-electron chi connectivity index (χ3n) is 16.0. The minimum Gasteiger partial charge on any atom is -0.462 e. The van der Waals surface area contributed by atoms with E-state index in [1.807, 2.05) is 0 Å².